The van der Waals surface area contributed by atoms with E-state index in [-0.39, 0.29) is 5.91 Å². The van der Waals surface area contributed by atoms with Crippen LogP contribution in [0.15, 0.2) is 24.3 Å². The van der Waals surface area contributed by atoms with E-state index in [1.54, 1.807) is 7.11 Å². The topological polar surface area (TPSA) is 79.3 Å². The Morgan fingerprint density at radius 3 is 2.41 bits per heavy atom. The fourth-order valence-corrected chi connectivity index (χ4v) is 4.37. The third kappa shape index (κ3) is 6.83. The number of carbonyl (C=O) groups excluding carboxylic acids is 1. The van der Waals surface area contributed by atoms with Crippen LogP contribution in [0.2, 0.25) is 0 Å². The van der Waals surface area contributed by atoms with E-state index in [0.29, 0.717) is 18.1 Å². The molecule has 2 aliphatic rings. The summed E-state index contributed by atoms with van der Waals surface area (Å²) >= 11 is 0. The molecule has 32 heavy (non-hydrogen) atoms. The lowest BCUT2D eigenvalue weighted by Crippen LogP contribution is -2.44. The van der Waals surface area contributed by atoms with Gasteiger partial charge in [0.1, 0.15) is 5.75 Å². The molecule has 1 aromatic rings. The number of piperidine rings is 1. The quantitative estimate of drug-likeness (QED) is 0.727. The Labute approximate surface area is 186 Å². The molecule has 0 aromatic heterocycles. The Balaban J connectivity index is 0.000000451. The van der Waals surface area contributed by atoms with Crippen molar-refractivity contribution in [1.29, 1.82) is 0 Å². The SMILES string of the molecule is CCOc1cccc(C(=O)N2CCC3(CC2)CC(COC)N(C)C3)c1.O=C(O)C(F)(F)F. The van der Waals surface area contributed by atoms with Crippen LogP contribution in [0, 0.1) is 5.41 Å². The molecule has 1 spiro atoms. The van der Waals surface area contributed by atoms with Gasteiger partial charge in [0, 0.05) is 38.3 Å². The van der Waals surface area contributed by atoms with Crippen LogP contribution < -0.4 is 4.74 Å². The molecule has 1 atom stereocenters. The van der Waals surface area contributed by atoms with Gasteiger partial charge < -0.3 is 24.4 Å². The number of aliphatic carboxylic acids is 1. The first-order valence-electron chi connectivity index (χ1n) is 10.5. The molecule has 2 aliphatic heterocycles. The minimum Gasteiger partial charge on any atom is -0.494 e. The largest absolute Gasteiger partial charge is 0.494 e. The fraction of sp³-hybridized carbons (Fsp3) is 0.636. The van der Waals surface area contributed by atoms with E-state index in [9.17, 15) is 18.0 Å². The van der Waals surface area contributed by atoms with E-state index in [0.717, 1.165) is 50.4 Å². The molecule has 0 radical (unpaired) electrons. The minimum atomic E-state index is -5.08. The van der Waals surface area contributed by atoms with Crippen LogP contribution in [0.3, 0.4) is 0 Å². The molecule has 0 saturated carbocycles. The number of hydrogen-bond donors (Lipinski definition) is 1. The van der Waals surface area contributed by atoms with Gasteiger partial charge >= 0.3 is 12.1 Å². The van der Waals surface area contributed by atoms with Crippen molar-refractivity contribution in [3.05, 3.63) is 29.8 Å². The van der Waals surface area contributed by atoms with Gasteiger partial charge in [-0.3, -0.25) is 4.79 Å². The summed E-state index contributed by atoms with van der Waals surface area (Å²) in [6.07, 6.45) is -1.75. The second-order valence-electron chi connectivity index (χ2n) is 8.28. The van der Waals surface area contributed by atoms with E-state index in [1.807, 2.05) is 36.1 Å². The summed E-state index contributed by atoms with van der Waals surface area (Å²) in [5.41, 5.74) is 1.07. The van der Waals surface area contributed by atoms with Crippen molar-refractivity contribution in [2.75, 3.05) is 47.0 Å². The Hall–Kier alpha value is -2.33. The normalized spacial score (nSPS) is 20.6. The van der Waals surface area contributed by atoms with Crippen LogP contribution in [0.5, 0.6) is 5.75 Å². The minimum absolute atomic E-state index is 0.121. The number of benzene rings is 1. The first-order chi connectivity index (χ1) is 15.0. The lowest BCUT2D eigenvalue weighted by molar-refractivity contribution is -0.192. The van der Waals surface area contributed by atoms with E-state index < -0.39 is 12.1 Å². The number of carboxylic acids is 1. The third-order valence-corrected chi connectivity index (χ3v) is 5.98. The van der Waals surface area contributed by atoms with Gasteiger partial charge in [-0.15, -0.1) is 0 Å². The van der Waals surface area contributed by atoms with Crippen molar-refractivity contribution < 1.29 is 37.3 Å². The highest BCUT2D eigenvalue weighted by molar-refractivity contribution is 5.94. The van der Waals surface area contributed by atoms with Crippen molar-refractivity contribution in [2.45, 2.75) is 38.4 Å². The summed E-state index contributed by atoms with van der Waals surface area (Å²) in [4.78, 5) is 26.1. The van der Waals surface area contributed by atoms with E-state index >= 15 is 0 Å². The molecule has 1 aromatic carbocycles. The van der Waals surface area contributed by atoms with Gasteiger partial charge in [0.05, 0.1) is 13.2 Å². The highest BCUT2D eigenvalue weighted by Crippen LogP contribution is 2.43. The Bertz CT molecular complexity index is 779. The molecular weight excluding hydrogens is 429 g/mol. The zero-order valence-corrected chi connectivity index (χ0v) is 18.7. The lowest BCUT2D eigenvalue weighted by atomic mass is 9.76. The van der Waals surface area contributed by atoms with Crippen molar-refractivity contribution in [1.82, 2.24) is 9.80 Å². The van der Waals surface area contributed by atoms with Gasteiger partial charge in [0.15, 0.2) is 0 Å². The van der Waals surface area contributed by atoms with Crippen LogP contribution in [-0.2, 0) is 9.53 Å². The number of carboxylic acid groups (broad SMARTS) is 1. The number of carbonyl (C=O) groups is 2. The highest BCUT2D eigenvalue weighted by atomic mass is 19.4. The van der Waals surface area contributed by atoms with Crippen molar-refractivity contribution in [3.8, 4) is 5.75 Å². The van der Waals surface area contributed by atoms with Crippen LogP contribution in [0.25, 0.3) is 0 Å². The van der Waals surface area contributed by atoms with E-state index in [1.165, 1.54) is 6.42 Å². The number of amides is 1. The third-order valence-electron chi connectivity index (χ3n) is 5.98. The average Bonchev–Trinajstić information content (AvgIpc) is 3.03. The highest BCUT2D eigenvalue weighted by Gasteiger charge is 2.44. The lowest BCUT2D eigenvalue weighted by Gasteiger charge is -2.39. The first-order valence-corrected chi connectivity index (χ1v) is 10.5. The Kier molecular flexibility index (Phi) is 8.91. The van der Waals surface area contributed by atoms with Gasteiger partial charge in [-0.05, 0) is 56.8 Å². The molecule has 2 heterocycles. The van der Waals surface area contributed by atoms with Crippen molar-refractivity contribution in [2.24, 2.45) is 5.41 Å². The number of likely N-dealkylation sites (tertiary alicyclic amines) is 2. The van der Waals surface area contributed by atoms with Crippen LogP contribution in [0.4, 0.5) is 13.2 Å². The molecule has 1 amide bonds. The zero-order chi connectivity index (χ0) is 23.9. The maximum atomic E-state index is 12.8. The number of nitrogens with zero attached hydrogens (tertiary/aromatic N) is 2. The number of methoxy groups -OCH3 is 1. The molecule has 0 aliphatic carbocycles. The monoisotopic (exact) mass is 460 g/mol. The molecule has 2 saturated heterocycles. The molecule has 3 rings (SSSR count). The van der Waals surface area contributed by atoms with Crippen LogP contribution in [0.1, 0.15) is 36.5 Å². The summed E-state index contributed by atoms with van der Waals surface area (Å²) in [6.45, 7) is 6.15. The van der Waals surface area contributed by atoms with Gasteiger partial charge in [-0.2, -0.15) is 13.2 Å². The van der Waals surface area contributed by atoms with Crippen LogP contribution >= 0.6 is 0 Å². The molecular formula is C22H31F3N2O5. The number of likely N-dealkylation sites (N-methyl/N-ethyl adjacent to an activating group) is 1. The molecule has 7 nitrogen and oxygen atoms in total. The molecule has 180 valence electrons. The number of hydrogen-bond acceptors (Lipinski definition) is 5. The molecule has 0 bridgehead atoms. The maximum absolute atomic E-state index is 12.8. The summed E-state index contributed by atoms with van der Waals surface area (Å²) in [6, 6.07) is 8.04. The van der Waals surface area contributed by atoms with Gasteiger partial charge in [0.25, 0.3) is 5.91 Å². The van der Waals surface area contributed by atoms with E-state index in [4.69, 9.17) is 19.4 Å². The number of ether oxygens (including phenoxy) is 2. The predicted octanol–water partition coefficient (Wildman–Crippen LogP) is 3.29. The number of rotatable bonds is 5. The molecule has 1 unspecified atom stereocenters. The predicted molar refractivity (Wildman–Crippen MR) is 112 cm³/mol. The molecule has 1 N–H and O–H groups in total. The van der Waals surface area contributed by atoms with Crippen molar-refractivity contribution in [3.63, 3.8) is 0 Å². The molecule has 2 fully saturated rings. The standard InChI is InChI=1S/C20H30N2O3.C2HF3O2/c1-4-25-18-7-5-6-16(12-18)19(23)22-10-8-20(9-11-22)13-17(14-24-3)21(2)15-20;3-2(4,5)1(6)7/h5-7,12,17H,4,8-11,13-15H2,1-3H3;(H,6,7). The smallest absolute Gasteiger partial charge is 0.490 e. The van der Waals surface area contributed by atoms with Gasteiger partial charge in [-0.1, -0.05) is 6.07 Å². The number of halogens is 3. The summed E-state index contributed by atoms with van der Waals surface area (Å²) in [5.74, 6) is -1.87. The number of alkyl halides is 3. The Morgan fingerprint density at radius 1 is 1.25 bits per heavy atom. The average molecular weight is 460 g/mol. The van der Waals surface area contributed by atoms with Crippen LogP contribution in [-0.4, -0.2) is 86.0 Å². The van der Waals surface area contributed by atoms with E-state index in [2.05, 4.69) is 11.9 Å². The summed E-state index contributed by atoms with van der Waals surface area (Å²) in [5, 5.41) is 7.12. The van der Waals surface area contributed by atoms with Gasteiger partial charge in [0.2, 0.25) is 0 Å². The molecule has 10 heteroatoms. The summed E-state index contributed by atoms with van der Waals surface area (Å²) < 4.78 is 42.6. The van der Waals surface area contributed by atoms with Crippen molar-refractivity contribution >= 4 is 11.9 Å². The maximum Gasteiger partial charge on any atom is 0.490 e. The Morgan fingerprint density at radius 2 is 1.88 bits per heavy atom. The first kappa shape index (κ1) is 25.9. The second kappa shape index (κ2) is 11.0. The fourth-order valence-electron chi connectivity index (χ4n) is 4.37. The zero-order valence-electron chi connectivity index (χ0n) is 18.7. The summed E-state index contributed by atoms with van der Waals surface area (Å²) in [7, 11) is 3.96. The second-order valence-corrected chi connectivity index (χ2v) is 8.28. The van der Waals surface area contributed by atoms with Gasteiger partial charge in [-0.25, -0.2) is 4.79 Å².